The topological polar surface area (TPSA) is 56.0 Å². The van der Waals surface area contributed by atoms with Gasteiger partial charge in [-0.1, -0.05) is 6.92 Å². The molecule has 2 N–H and O–H groups in total. The summed E-state index contributed by atoms with van der Waals surface area (Å²) in [6.07, 6.45) is 4.07. The normalized spacial score (nSPS) is 8.75. The maximum Gasteiger partial charge on any atom is 0.250 e. The lowest BCUT2D eigenvalue weighted by Gasteiger charge is -1.97. The van der Waals surface area contributed by atoms with E-state index in [0.29, 0.717) is 5.56 Å². The highest BCUT2D eigenvalue weighted by Crippen LogP contribution is 2.01. The minimum absolute atomic E-state index is 0. The van der Waals surface area contributed by atoms with Gasteiger partial charge in [0.1, 0.15) is 0 Å². The summed E-state index contributed by atoms with van der Waals surface area (Å²) in [7, 11) is 0. The Hall–Kier alpha value is -1.09. The average molecular weight is 187 g/mol. The molecule has 0 spiro atoms. The van der Waals surface area contributed by atoms with E-state index < -0.39 is 5.91 Å². The summed E-state index contributed by atoms with van der Waals surface area (Å²) in [5.41, 5.74) is 6.56. The van der Waals surface area contributed by atoms with Crippen LogP contribution in [0.5, 0.6) is 0 Å². The number of halogens is 1. The molecule has 0 radical (unpaired) electrons. The molecule has 1 heterocycles. The molecular formula is C8H11ClN2O. The van der Waals surface area contributed by atoms with Crippen molar-refractivity contribution < 1.29 is 4.79 Å². The number of aryl methyl sites for hydroxylation is 1. The molecule has 0 atom stereocenters. The standard InChI is InChI=1S/C8H10N2O.ClH/c1-2-6-3-7(8(9)11)5-10-4-6;/h3-5H,2H2,1H3,(H2,9,11);1H. The molecule has 0 fully saturated rings. The molecular weight excluding hydrogens is 176 g/mol. The maximum absolute atomic E-state index is 10.7. The molecule has 1 aromatic heterocycles. The number of hydrogen-bond acceptors (Lipinski definition) is 2. The Labute approximate surface area is 77.4 Å². The molecule has 12 heavy (non-hydrogen) atoms. The van der Waals surface area contributed by atoms with E-state index in [4.69, 9.17) is 5.73 Å². The molecule has 0 unspecified atom stereocenters. The van der Waals surface area contributed by atoms with Crippen molar-refractivity contribution in [2.24, 2.45) is 5.73 Å². The van der Waals surface area contributed by atoms with Crippen molar-refractivity contribution in [1.82, 2.24) is 4.98 Å². The van der Waals surface area contributed by atoms with Gasteiger partial charge in [0.15, 0.2) is 0 Å². The summed E-state index contributed by atoms with van der Waals surface area (Å²) in [5, 5.41) is 0. The van der Waals surface area contributed by atoms with E-state index in [2.05, 4.69) is 4.98 Å². The Morgan fingerprint density at radius 2 is 2.25 bits per heavy atom. The van der Waals surface area contributed by atoms with Crippen molar-refractivity contribution in [1.29, 1.82) is 0 Å². The second kappa shape index (κ2) is 4.72. The lowest BCUT2D eigenvalue weighted by molar-refractivity contribution is 0.1000. The highest BCUT2D eigenvalue weighted by molar-refractivity contribution is 5.92. The molecule has 3 nitrogen and oxygen atoms in total. The summed E-state index contributed by atoms with van der Waals surface area (Å²) in [6, 6.07) is 1.76. The zero-order valence-corrected chi connectivity index (χ0v) is 7.60. The van der Waals surface area contributed by atoms with Crippen LogP contribution in [0.25, 0.3) is 0 Å². The smallest absolute Gasteiger partial charge is 0.250 e. The van der Waals surface area contributed by atoms with E-state index in [9.17, 15) is 4.79 Å². The molecule has 0 aliphatic heterocycles. The van der Waals surface area contributed by atoms with E-state index in [-0.39, 0.29) is 12.4 Å². The van der Waals surface area contributed by atoms with Crippen molar-refractivity contribution in [3.05, 3.63) is 29.6 Å². The number of rotatable bonds is 2. The third kappa shape index (κ3) is 2.51. The van der Waals surface area contributed by atoms with E-state index >= 15 is 0 Å². The molecule has 0 aromatic carbocycles. The minimum atomic E-state index is -0.423. The number of hydrogen-bond donors (Lipinski definition) is 1. The van der Waals surface area contributed by atoms with Crippen molar-refractivity contribution in [3.8, 4) is 0 Å². The Balaban J connectivity index is 0.00000121. The van der Waals surface area contributed by atoms with Crippen LogP contribution in [0.2, 0.25) is 0 Å². The van der Waals surface area contributed by atoms with Crippen LogP contribution in [0.15, 0.2) is 18.5 Å². The fraction of sp³-hybridized carbons (Fsp3) is 0.250. The first-order chi connectivity index (χ1) is 5.24. The second-order valence-corrected chi connectivity index (χ2v) is 2.30. The van der Waals surface area contributed by atoms with Crippen molar-refractivity contribution in [2.75, 3.05) is 0 Å². The lowest BCUT2D eigenvalue weighted by Crippen LogP contribution is -2.11. The van der Waals surface area contributed by atoms with Crippen molar-refractivity contribution in [2.45, 2.75) is 13.3 Å². The van der Waals surface area contributed by atoms with Crippen LogP contribution in [0.4, 0.5) is 0 Å². The third-order valence-corrected chi connectivity index (χ3v) is 1.49. The Kier molecular flexibility index (Phi) is 4.29. The van der Waals surface area contributed by atoms with Gasteiger partial charge in [0.05, 0.1) is 5.56 Å². The number of nitrogens with two attached hydrogens (primary N) is 1. The zero-order valence-electron chi connectivity index (χ0n) is 6.78. The molecule has 0 saturated heterocycles. The SMILES string of the molecule is CCc1cncc(C(N)=O)c1.Cl. The number of carbonyl (C=O) groups is 1. The summed E-state index contributed by atoms with van der Waals surface area (Å²) in [5.74, 6) is -0.423. The molecule has 1 rings (SSSR count). The molecule has 0 aliphatic carbocycles. The van der Waals surface area contributed by atoms with E-state index in [1.807, 2.05) is 6.92 Å². The monoisotopic (exact) mass is 186 g/mol. The van der Waals surface area contributed by atoms with Gasteiger partial charge in [-0.15, -0.1) is 12.4 Å². The Morgan fingerprint density at radius 3 is 2.75 bits per heavy atom. The van der Waals surface area contributed by atoms with Gasteiger partial charge in [0.25, 0.3) is 0 Å². The quantitative estimate of drug-likeness (QED) is 0.754. The van der Waals surface area contributed by atoms with Crippen LogP contribution >= 0.6 is 12.4 Å². The third-order valence-electron chi connectivity index (χ3n) is 1.49. The molecule has 4 heteroatoms. The van der Waals surface area contributed by atoms with Crippen LogP contribution in [0, 0.1) is 0 Å². The predicted molar refractivity (Wildman–Crippen MR) is 49.4 cm³/mol. The van der Waals surface area contributed by atoms with Gasteiger partial charge in [0, 0.05) is 12.4 Å². The summed E-state index contributed by atoms with van der Waals surface area (Å²) in [4.78, 5) is 14.5. The Bertz CT molecular complexity index is 276. The van der Waals surface area contributed by atoms with Gasteiger partial charge in [-0.25, -0.2) is 0 Å². The van der Waals surface area contributed by atoms with Crippen molar-refractivity contribution in [3.63, 3.8) is 0 Å². The number of primary amides is 1. The molecule has 0 saturated carbocycles. The van der Waals surface area contributed by atoms with Gasteiger partial charge in [0.2, 0.25) is 5.91 Å². The van der Waals surface area contributed by atoms with Gasteiger partial charge in [-0.2, -0.15) is 0 Å². The van der Waals surface area contributed by atoms with Crippen molar-refractivity contribution >= 4 is 18.3 Å². The van der Waals surface area contributed by atoms with Gasteiger partial charge in [-0.3, -0.25) is 9.78 Å². The summed E-state index contributed by atoms with van der Waals surface area (Å²) >= 11 is 0. The predicted octanol–water partition coefficient (Wildman–Crippen LogP) is 1.16. The maximum atomic E-state index is 10.7. The number of carbonyl (C=O) groups excluding carboxylic acids is 1. The van der Waals surface area contributed by atoms with Gasteiger partial charge in [-0.05, 0) is 18.1 Å². The Morgan fingerprint density at radius 1 is 1.58 bits per heavy atom. The fourth-order valence-electron chi connectivity index (χ4n) is 0.816. The van der Waals surface area contributed by atoms with E-state index in [0.717, 1.165) is 12.0 Å². The summed E-state index contributed by atoms with van der Waals surface area (Å²) in [6.45, 7) is 2.00. The number of pyridine rings is 1. The lowest BCUT2D eigenvalue weighted by atomic mass is 10.1. The number of nitrogens with zero attached hydrogens (tertiary/aromatic N) is 1. The first-order valence-corrected chi connectivity index (χ1v) is 3.47. The van der Waals surface area contributed by atoms with Gasteiger partial charge >= 0.3 is 0 Å². The largest absolute Gasteiger partial charge is 0.366 e. The molecule has 0 aliphatic rings. The van der Waals surface area contributed by atoms with E-state index in [1.165, 1.54) is 6.20 Å². The minimum Gasteiger partial charge on any atom is -0.366 e. The molecule has 0 bridgehead atoms. The molecule has 66 valence electrons. The van der Waals surface area contributed by atoms with Crippen LogP contribution < -0.4 is 5.73 Å². The van der Waals surface area contributed by atoms with Crippen LogP contribution in [0.1, 0.15) is 22.8 Å². The number of aromatic nitrogens is 1. The zero-order chi connectivity index (χ0) is 8.27. The highest BCUT2D eigenvalue weighted by atomic mass is 35.5. The van der Waals surface area contributed by atoms with Gasteiger partial charge < -0.3 is 5.73 Å². The first kappa shape index (κ1) is 10.9. The fourth-order valence-corrected chi connectivity index (χ4v) is 0.816. The average Bonchev–Trinajstić information content (AvgIpc) is 2.05. The summed E-state index contributed by atoms with van der Waals surface area (Å²) < 4.78 is 0. The van der Waals surface area contributed by atoms with Crippen LogP contribution in [0.3, 0.4) is 0 Å². The first-order valence-electron chi connectivity index (χ1n) is 3.47. The second-order valence-electron chi connectivity index (χ2n) is 2.30. The van der Waals surface area contributed by atoms with E-state index in [1.54, 1.807) is 12.3 Å². The molecule has 1 amide bonds. The van der Waals surface area contributed by atoms with Crippen LogP contribution in [-0.4, -0.2) is 10.9 Å². The van der Waals surface area contributed by atoms with Crippen LogP contribution in [-0.2, 0) is 6.42 Å². The molecule has 1 aromatic rings. The number of amides is 1. The highest BCUT2D eigenvalue weighted by Gasteiger charge is 1.99.